The largest absolute Gasteiger partial charge is 0.308 e. The van der Waals surface area contributed by atoms with Crippen LogP contribution in [0, 0.1) is 0 Å². The Bertz CT molecular complexity index is 644. The maximum Gasteiger partial charge on any atom is 0.239 e. The van der Waals surface area contributed by atoms with Gasteiger partial charge in [0.2, 0.25) is 5.91 Å². The molecule has 0 aliphatic heterocycles. The number of likely N-dealkylation sites (N-methyl/N-ethyl adjacent to an activating group) is 1. The van der Waals surface area contributed by atoms with E-state index >= 15 is 0 Å². The average molecular weight is 288 g/mol. The molecule has 0 unspecified atom stereocenters. The summed E-state index contributed by atoms with van der Waals surface area (Å²) in [4.78, 5) is 13.9. The maximum absolute atomic E-state index is 12.0. The summed E-state index contributed by atoms with van der Waals surface area (Å²) in [7, 11) is 3.74. The van der Waals surface area contributed by atoms with Crippen molar-refractivity contribution in [1.82, 2.24) is 24.9 Å². The minimum Gasteiger partial charge on any atom is -0.308 e. The van der Waals surface area contributed by atoms with Gasteiger partial charge in [-0.25, -0.2) is 0 Å². The summed E-state index contributed by atoms with van der Waals surface area (Å²) in [6, 6.07) is 1.78. The zero-order chi connectivity index (χ0) is 14.8. The number of rotatable bonds is 5. The van der Waals surface area contributed by atoms with Crippen molar-refractivity contribution in [2.45, 2.75) is 25.8 Å². The molecule has 2 heterocycles. The number of hydrogen-bond donors (Lipinski definition) is 2. The van der Waals surface area contributed by atoms with Crippen molar-refractivity contribution < 1.29 is 4.79 Å². The van der Waals surface area contributed by atoms with Crippen LogP contribution in [0.15, 0.2) is 12.3 Å². The number of carbonyl (C=O) groups excluding carboxylic acids is 1. The fourth-order valence-corrected chi connectivity index (χ4v) is 2.74. The minimum atomic E-state index is -0.0663. The second-order valence-corrected chi connectivity index (χ2v) is 5.58. The van der Waals surface area contributed by atoms with Gasteiger partial charge < -0.3 is 5.32 Å². The van der Waals surface area contributed by atoms with E-state index in [1.807, 2.05) is 19.0 Å². The van der Waals surface area contributed by atoms with Crippen LogP contribution >= 0.6 is 0 Å². The third-order valence-electron chi connectivity index (χ3n) is 3.71. The van der Waals surface area contributed by atoms with Gasteiger partial charge in [-0.3, -0.25) is 19.5 Å². The fraction of sp³-hybridized carbons (Fsp3) is 0.500. The molecule has 0 saturated carbocycles. The van der Waals surface area contributed by atoms with Crippen LogP contribution in [0.25, 0.3) is 0 Å². The highest BCUT2D eigenvalue weighted by Gasteiger charge is 2.19. The Kier molecular flexibility index (Phi) is 3.74. The van der Waals surface area contributed by atoms with Crippen LogP contribution < -0.4 is 5.32 Å². The Morgan fingerprint density at radius 3 is 3.14 bits per heavy atom. The molecule has 7 nitrogen and oxygen atoms in total. The topological polar surface area (TPSA) is 78.8 Å². The van der Waals surface area contributed by atoms with E-state index in [2.05, 4.69) is 20.6 Å². The summed E-state index contributed by atoms with van der Waals surface area (Å²) in [5.74, 6) is 0.514. The Balaban J connectivity index is 1.53. The van der Waals surface area contributed by atoms with Gasteiger partial charge in [0.15, 0.2) is 5.82 Å². The van der Waals surface area contributed by atoms with E-state index in [1.54, 1.807) is 16.9 Å². The van der Waals surface area contributed by atoms with Crippen molar-refractivity contribution in [3.63, 3.8) is 0 Å². The SMILES string of the molecule is CN(CC(=O)Nc1ccn(C)n1)Cc1n[nH]c2c1CCC2. The number of amides is 1. The van der Waals surface area contributed by atoms with Gasteiger partial charge in [0.25, 0.3) is 0 Å². The lowest BCUT2D eigenvalue weighted by molar-refractivity contribution is -0.117. The molecule has 2 N–H and O–H groups in total. The Hall–Kier alpha value is -2.15. The van der Waals surface area contributed by atoms with E-state index in [0.29, 0.717) is 18.9 Å². The highest BCUT2D eigenvalue weighted by molar-refractivity contribution is 5.91. The molecule has 0 saturated heterocycles. The zero-order valence-corrected chi connectivity index (χ0v) is 12.4. The van der Waals surface area contributed by atoms with Crippen molar-refractivity contribution in [3.05, 3.63) is 29.2 Å². The number of nitrogens with zero attached hydrogens (tertiary/aromatic N) is 4. The van der Waals surface area contributed by atoms with Gasteiger partial charge in [0, 0.05) is 31.5 Å². The highest BCUT2D eigenvalue weighted by atomic mass is 16.2. The molecule has 7 heteroatoms. The molecule has 0 spiro atoms. The molecule has 1 amide bonds. The summed E-state index contributed by atoms with van der Waals surface area (Å²) in [5, 5.41) is 14.4. The molecule has 1 aliphatic rings. The van der Waals surface area contributed by atoms with Crippen LogP contribution in [-0.2, 0) is 31.2 Å². The number of fused-ring (bicyclic) bond motifs is 1. The van der Waals surface area contributed by atoms with Gasteiger partial charge in [-0.05, 0) is 31.9 Å². The number of carbonyl (C=O) groups is 1. The van der Waals surface area contributed by atoms with E-state index in [4.69, 9.17) is 0 Å². The first-order chi connectivity index (χ1) is 10.1. The summed E-state index contributed by atoms with van der Waals surface area (Å²) >= 11 is 0. The van der Waals surface area contributed by atoms with E-state index in [9.17, 15) is 4.79 Å². The Morgan fingerprint density at radius 2 is 2.38 bits per heavy atom. The first kappa shape index (κ1) is 13.8. The van der Waals surface area contributed by atoms with E-state index in [1.165, 1.54) is 17.7 Å². The predicted octanol–water partition coefficient (Wildman–Crippen LogP) is 0.702. The van der Waals surface area contributed by atoms with Crippen LogP contribution in [0.1, 0.15) is 23.4 Å². The third-order valence-corrected chi connectivity index (χ3v) is 3.71. The highest BCUT2D eigenvalue weighted by Crippen LogP contribution is 2.23. The summed E-state index contributed by atoms with van der Waals surface area (Å²) in [6.45, 7) is 1.000. The zero-order valence-electron chi connectivity index (χ0n) is 12.4. The van der Waals surface area contributed by atoms with Crippen molar-refractivity contribution in [3.8, 4) is 0 Å². The second kappa shape index (κ2) is 5.69. The molecule has 2 aromatic heterocycles. The summed E-state index contributed by atoms with van der Waals surface area (Å²) in [6.07, 6.45) is 5.17. The second-order valence-electron chi connectivity index (χ2n) is 5.58. The lowest BCUT2D eigenvalue weighted by Gasteiger charge is -2.15. The van der Waals surface area contributed by atoms with Crippen molar-refractivity contribution >= 4 is 11.7 Å². The van der Waals surface area contributed by atoms with Crippen molar-refractivity contribution in [2.75, 3.05) is 18.9 Å². The molecular formula is C14H20N6O. The number of nitrogens with one attached hydrogen (secondary N) is 2. The molecule has 3 rings (SSSR count). The number of H-pyrrole nitrogens is 1. The quantitative estimate of drug-likeness (QED) is 0.849. The maximum atomic E-state index is 12.0. The monoisotopic (exact) mass is 288 g/mol. The molecule has 0 atom stereocenters. The summed E-state index contributed by atoms with van der Waals surface area (Å²) < 4.78 is 1.66. The predicted molar refractivity (Wildman–Crippen MR) is 78.8 cm³/mol. The Morgan fingerprint density at radius 1 is 1.52 bits per heavy atom. The number of aromatic nitrogens is 4. The van der Waals surface area contributed by atoms with Crippen LogP contribution in [-0.4, -0.2) is 44.4 Å². The van der Waals surface area contributed by atoms with Crippen LogP contribution in [0.4, 0.5) is 5.82 Å². The number of hydrogen-bond acceptors (Lipinski definition) is 4. The van der Waals surface area contributed by atoms with Crippen LogP contribution in [0.2, 0.25) is 0 Å². The van der Waals surface area contributed by atoms with E-state index in [-0.39, 0.29) is 5.91 Å². The van der Waals surface area contributed by atoms with E-state index in [0.717, 1.165) is 18.5 Å². The van der Waals surface area contributed by atoms with Gasteiger partial charge in [0.1, 0.15) is 0 Å². The van der Waals surface area contributed by atoms with Gasteiger partial charge in [-0.2, -0.15) is 10.2 Å². The fourth-order valence-electron chi connectivity index (χ4n) is 2.74. The lowest BCUT2D eigenvalue weighted by atomic mass is 10.2. The summed E-state index contributed by atoms with van der Waals surface area (Å²) in [5.41, 5.74) is 3.67. The first-order valence-corrected chi connectivity index (χ1v) is 7.15. The molecule has 0 fully saturated rings. The van der Waals surface area contributed by atoms with Gasteiger partial charge >= 0.3 is 0 Å². The number of aromatic amines is 1. The Labute approximate surface area is 123 Å². The van der Waals surface area contributed by atoms with Gasteiger partial charge in [-0.15, -0.1) is 0 Å². The third kappa shape index (κ3) is 3.13. The molecule has 21 heavy (non-hydrogen) atoms. The first-order valence-electron chi connectivity index (χ1n) is 7.15. The van der Waals surface area contributed by atoms with Gasteiger partial charge in [0.05, 0.1) is 12.2 Å². The number of aryl methyl sites for hydroxylation is 2. The van der Waals surface area contributed by atoms with Crippen LogP contribution in [0.5, 0.6) is 0 Å². The molecule has 2 aromatic rings. The van der Waals surface area contributed by atoms with Gasteiger partial charge in [-0.1, -0.05) is 0 Å². The van der Waals surface area contributed by atoms with Crippen LogP contribution in [0.3, 0.4) is 0 Å². The van der Waals surface area contributed by atoms with Crippen molar-refractivity contribution in [1.29, 1.82) is 0 Å². The molecular weight excluding hydrogens is 268 g/mol. The standard InChI is InChI=1S/C14H20N6O/c1-19(8-12-10-4-3-5-11(10)16-17-12)9-14(21)15-13-6-7-20(2)18-13/h6-7H,3-5,8-9H2,1-2H3,(H,16,17)(H,15,18,21). The number of anilines is 1. The normalized spacial score (nSPS) is 13.7. The smallest absolute Gasteiger partial charge is 0.239 e. The van der Waals surface area contributed by atoms with Crippen molar-refractivity contribution in [2.24, 2.45) is 7.05 Å². The molecule has 0 aromatic carbocycles. The minimum absolute atomic E-state index is 0.0663. The molecule has 0 radical (unpaired) electrons. The van der Waals surface area contributed by atoms with E-state index < -0.39 is 0 Å². The molecule has 0 bridgehead atoms. The molecule has 1 aliphatic carbocycles. The lowest BCUT2D eigenvalue weighted by Crippen LogP contribution is -2.30. The molecule has 112 valence electrons. The average Bonchev–Trinajstić information content (AvgIpc) is 3.09.